The SMILES string of the molecule is O=C(C[n+]1ccsc1)c1cc(-c2ccccc2)no1. The van der Waals surface area contributed by atoms with Crippen LogP contribution in [0.15, 0.2) is 58.0 Å². The third-order valence-corrected chi connectivity index (χ3v) is 3.38. The lowest BCUT2D eigenvalue weighted by atomic mass is 10.1. The van der Waals surface area contributed by atoms with Gasteiger partial charge in [0.2, 0.25) is 17.8 Å². The molecule has 3 aromatic rings. The standard InChI is InChI=1S/C14H11N2O2S/c17-13(9-16-6-7-19-10-16)14-8-12(15-18-14)11-4-2-1-3-5-11/h1-8,10H,9H2/q+1. The number of ketones is 1. The van der Waals surface area contributed by atoms with E-state index in [0.29, 0.717) is 5.69 Å². The Kier molecular flexibility index (Phi) is 3.20. The fraction of sp³-hybridized carbons (Fsp3) is 0.0714. The fourth-order valence-electron chi connectivity index (χ4n) is 1.75. The van der Waals surface area contributed by atoms with Crippen molar-refractivity contribution in [1.29, 1.82) is 0 Å². The van der Waals surface area contributed by atoms with Gasteiger partial charge < -0.3 is 4.52 Å². The lowest BCUT2D eigenvalue weighted by Crippen LogP contribution is -2.34. The number of Topliss-reactive ketones (excluding diaryl/α,β-unsaturated/α-hetero) is 1. The summed E-state index contributed by atoms with van der Waals surface area (Å²) in [6.45, 7) is 0.271. The van der Waals surface area contributed by atoms with E-state index in [9.17, 15) is 4.79 Å². The summed E-state index contributed by atoms with van der Waals surface area (Å²) in [4.78, 5) is 12.0. The minimum absolute atomic E-state index is 0.0851. The number of rotatable bonds is 4. The minimum atomic E-state index is -0.0851. The average Bonchev–Trinajstić information content (AvgIpc) is 3.10. The van der Waals surface area contributed by atoms with E-state index in [1.807, 2.05) is 52.0 Å². The van der Waals surface area contributed by atoms with Crippen LogP contribution in [0.4, 0.5) is 0 Å². The predicted molar refractivity (Wildman–Crippen MR) is 70.8 cm³/mol. The highest BCUT2D eigenvalue weighted by Crippen LogP contribution is 2.18. The van der Waals surface area contributed by atoms with E-state index in [1.165, 1.54) is 0 Å². The van der Waals surface area contributed by atoms with Crippen LogP contribution in [0.3, 0.4) is 0 Å². The first kappa shape index (κ1) is 11.8. The second-order valence-corrected chi connectivity index (χ2v) is 4.82. The van der Waals surface area contributed by atoms with Crippen LogP contribution < -0.4 is 4.57 Å². The van der Waals surface area contributed by atoms with Gasteiger partial charge in [-0.2, -0.15) is 4.57 Å². The van der Waals surface area contributed by atoms with Gasteiger partial charge in [0.15, 0.2) is 6.20 Å². The number of thiazole rings is 1. The average molecular weight is 271 g/mol. The number of carbonyl (C=O) groups is 1. The quantitative estimate of drug-likeness (QED) is 0.541. The first-order valence-corrected chi connectivity index (χ1v) is 6.74. The van der Waals surface area contributed by atoms with Gasteiger partial charge in [0, 0.05) is 11.6 Å². The molecule has 1 aromatic carbocycles. The van der Waals surface area contributed by atoms with Crippen LogP contribution in [0.2, 0.25) is 0 Å². The Morgan fingerprint density at radius 2 is 2.16 bits per heavy atom. The largest absolute Gasteiger partial charge is 0.352 e. The Hall–Kier alpha value is -2.27. The Balaban J connectivity index is 1.80. The van der Waals surface area contributed by atoms with E-state index in [2.05, 4.69) is 5.16 Å². The lowest BCUT2D eigenvalue weighted by Gasteiger charge is -1.91. The van der Waals surface area contributed by atoms with Crippen molar-refractivity contribution in [3.05, 3.63) is 59.2 Å². The molecule has 0 N–H and O–H groups in total. The Labute approximate surface area is 113 Å². The van der Waals surface area contributed by atoms with E-state index in [-0.39, 0.29) is 18.1 Å². The molecule has 0 aliphatic heterocycles. The third-order valence-electron chi connectivity index (χ3n) is 2.71. The molecule has 94 valence electrons. The molecule has 0 spiro atoms. The van der Waals surface area contributed by atoms with E-state index < -0.39 is 0 Å². The van der Waals surface area contributed by atoms with E-state index in [4.69, 9.17) is 4.52 Å². The molecule has 2 aromatic heterocycles. The zero-order valence-corrected chi connectivity index (χ0v) is 10.8. The number of hydrogen-bond acceptors (Lipinski definition) is 4. The predicted octanol–water partition coefficient (Wildman–Crippen LogP) is 2.57. The molecule has 0 atom stereocenters. The van der Waals surface area contributed by atoms with E-state index in [0.717, 1.165) is 5.56 Å². The summed E-state index contributed by atoms with van der Waals surface area (Å²) < 4.78 is 6.94. The van der Waals surface area contributed by atoms with Crippen LogP contribution in [0, 0.1) is 0 Å². The Morgan fingerprint density at radius 1 is 1.32 bits per heavy atom. The molecule has 0 radical (unpaired) electrons. The van der Waals surface area contributed by atoms with Crippen molar-refractivity contribution in [2.24, 2.45) is 0 Å². The molecule has 19 heavy (non-hydrogen) atoms. The highest BCUT2D eigenvalue weighted by atomic mass is 32.1. The Morgan fingerprint density at radius 3 is 2.89 bits per heavy atom. The van der Waals surface area contributed by atoms with Crippen LogP contribution in [-0.2, 0) is 6.54 Å². The van der Waals surface area contributed by atoms with Crippen molar-refractivity contribution in [2.75, 3.05) is 0 Å². The summed E-state index contributed by atoms with van der Waals surface area (Å²) in [5, 5.41) is 5.85. The van der Waals surface area contributed by atoms with Crippen molar-refractivity contribution in [3.8, 4) is 11.3 Å². The zero-order valence-electron chi connectivity index (χ0n) is 10.0. The summed E-state index contributed by atoms with van der Waals surface area (Å²) in [6, 6.07) is 11.3. The van der Waals surface area contributed by atoms with Gasteiger partial charge in [-0.3, -0.25) is 4.79 Å². The molecular formula is C14H11N2O2S+. The van der Waals surface area contributed by atoms with Crippen molar-refractivity contribution < 1.29 is 13.9 Å². The van der Waals surface area contributed by atoms with E-state index >= 15 is 0 Å². The van der Waals surface area contributed by atoms with Gasteiger partial charge in [0.1, 0.15) is 5.69 Å². The smallest absolute Gasteiger partial charge is 0.265 e. The van der Waals surface area contributed by atoms with Gasteiger partial charge in [-0.25, -0.2) is 0 Å². The maximum absolute atomic E-state index is 12.0. The lowest BCUT2D eigenvalue weighted by molar-refractivity contribution is -0.678. The maximum atomic E-state index is 12.0. The van der Waals surface area contributed by atoms with Gasteiger partial charge in [-0.1, -0.05) is 46.8 Å². The first-order chi connectivity index (χ1) is 9.33. The highest BCUT2D eigenvalue weighted by Gasteiger charge is 2.18. The third kappa shape index (κ3) is 2.61. The van der Waals surface area contributed by atoms with Crippen molar-refractivity contribution in [1.82, 2.24) is 5.16 Å². The second-order valence-electron chi connectivity index (χ2n) is 4.06. The van der Waals surface area contributed by atoms with Crippen LogP contribution in [0.25, 0.3) is 11.3 Å². The van der Waals surface area contributed by atoms with Gasteiger partial charge in [0.05, 0.1) is 5.38 Å². The summed E-state index contributed by atoms with van der Waals surface area (Å²) in [5.41, 5.74) is 3.50. The number of carbonyl (C=O) groups excluding carboxylic acids is 1. The number of benzene rings is 1. The zero-order chi connectivity index (χ0) is 13.1. The van der Waals surface area contributed by atoms with Gasteiger partial charge >= 0.3 is 0 Å². The van der Waals surface area contributed by atoms with Crippen molar-refractivity contribution in [3.63, 3.8) is 0 Å². The molecule has 3 rings (SSSR count). The molecule has 0 unspecified atom stereocenters. The molecule has 0 amide bonds. The van der Waals surface area contributed by atoms with Crippen LogP contribution >= 0.6 is 11.3 Å². The molecular weight excluding hydrogens is 260 g/mol. The second kappa shape index (κ2) is 5.16. The van der Waals surface area contributed by atoms with E-state index in [1.54, 1.807) is 17.4 Å². The normalized spacial score (nSPS) is 10.5. The summed E-state index contributed by atoms with van der Waals surface area (Å²) in [6.07, 6.45) is 1.86. The fourth-order valence-corrected chi connectivity index (χ4v) is 2.35. The monoisotopic (exact) mass is 271 g/mol. The molecule has 5 heteroatoms. The number of nitrogens with zero attached hydrogens (tertiary/aromatic N) is 2. The summed E-state index contributed by atoms with van der Waals surface area (Å²) in [7, 11) is 0. The number of hydrogen-bond donors (Lipinski definition) is 0. The van der Waals surface area contributed by atoms with Crippen molar-refractivity contribution in [2.45, 2.75) is 6.54 Å². The Bertz CT molecular complexity index is 675. The summed E-state index contributed by atoms with van der Waals surface area (Å²) in [5.74, 6) is 0.204. The molecule has 0 fully saturated rings. The summed E-state index contributed by atoms with van der Waals surface area (Å²) >= 11 is 1.54. The molecule has 0 saturated heterocycles. The van der Waals surface area contributed by atoms with Gasteiger partial charge in [-0.15, -0.1) is 0 Å². The van der Waals surface area contributed by atoms with Crippen LogP contribution in [-0.4, -0.2) is 10.9 Å². The number of aromatic nitrogens is 2. The topological polar surface area (TPSA) is 47.0 Å². The molecule has 2 heterocycles. The molecule has 0 saturated carbocycles. The first-order valence-electron chi connectivity index (χ1n) is 5.79. The van der Waals surface area contributed by atoms with Crippen LogP contribution in [0.1, 0.15) is 10.6 Å². The molecule has 0 aliphatic carbocycles. The highest BCUT2D eigenvalue weighted by molar-refractivity contribution is 7.07. The minimum Gasteiger partial charge on any atom is -0.352 e. The van der Waals surface area contributed by atoms with Crippen LogP contribution in [0.5, 0.6) is 0 Å². The molecule has 0 aliphatic rings. The maximum Gasteiger partial charge on any atom is 0.265 e. The van der Waals surface area contributed by atoms with Gasteiger partial charge in [0.25, 0.3) is 5.78 Å². The molecule has 4 nitrogen and oxygen atoms in total. The molecule has 0 bridgehead atoms. The van der Waals surface area contributed by atoms with Crippen molar-refractivity contribution >= 4 is 17.1 Å². The van der Waals surface area contributed by atoms with Gasteiger partial charge in [-0.05, 0) is 0 Å².